The summed E-state index contributed by atoms with van der Waals surface area (Å²) < 4.78 is 5.29. The number of amides is 3. The average Bonchev–Trinajstić information content (AvgIpc) is 2.41. The highest BCUT2D eigenvalue weighted by atomic mass is 35.5. The fourth-order valence-corrected chi connectivity index (χ4v) is 1.36. The summed E-state index contributed by atoms with van der Waals surface area (Å²) in [6.07, 6.45) is 1.30. The van der Waals surface area contributed by atoms with Crippen LogP contribution < -0.4 is 20.7 Å². The molecule has 0 fully saturated rings. The van der Waals surface area contributed by atoms with Crippen molar-refractivity contribution in [1.29, 1.82) is 0 Å². The van der Waals surface area contributed by atoms with Gasteiger partial charge in [-0.3, -0.25) is 4.79 Å². The van der Waals surface area contributed by atoms with Crippen molar-refractivity contribution in [3.63, 3.8) is 0 Å². The monoisotopic (exact) mass is 285 g/mol. The summed E-state index contributed by atoms with van der Waals surface area (Å²) in [7, 11) is 0. The quantitative estimate of drug-likeness (QED) is 0.380. The van der Waals surface area contributed by atoms with Gasteiger partial charge < -0.3 is 20.7 Å². The highest BCUT2D eigenvalue weighted by molar-refractivity contribution is 6.30. The SMILES string of the molecule is O=CNCCCNC(=O)NCOc1ccc(Cl)cc1. The molecule has 0 heterocycles. The van der Waals surface area contributed by atoms with Gasteiger partial charge in [-0.15, -0.1) is 0 Å². The van der Waals surface area contributed by atoms with Crippen molar-refractivity contribution in [2.75, 3.05) is 19.8 Å². The Morgan fingerprint density at radius 1 is 1.21 bits per heavy atom. The van der Waals surface area contributed by atoms with Gasteiger partial charge >= 0.3 is 6.03 Å². The first-order valence-corrected chi connectivity index (χ1v) is 6.17. The Morgan fingerprint density at radius 3 is 2.63 bits per heavy atom. The van der Waals surface area contributed by atoms with Gasteiger partial charge in [0.25, 0.3) is 0 Å². The van der Waals surface area contributed by atoms with Crippen LogP contribution >= 0.6 is 11.6 Å². The summed E-state index contributed by atoms with van der Waals surface area (Å²) in [5, 5.41) is 8.30. The standard InChI is InChI=1S/C12H16ClN3O3/c13-10-2-4-11(5-3-10)19-9-16-12(18)15-7-1-6-14-8-17/h2-5,8H,1,6-7,9H2,(H,14,17)(H2,15,16,18). The smallest absolute Gasteiger partial charge is 0.317 e. The van der Waals surface area contributed by atoms with Gasteiger partial charge in [0.05, 0.1) is 0 Å². The Hall–Kier alpha value is -1.95. The molecule has 0 bridgehead atoms. The van der Waals surface area contributed by atoms with Crippen LogP contribution in [0.4, 0.5) is 4.79 Å². The molecule has 0 aromatic heterocycles. The van der Waals surface area contributed by atoms with Crippen LogP contribution in [0.3, 0.4) is 0 Å². The van der Waals surface area contributed by atoms with Crippen LogP contribution in [0.2, 0.25) is 5.02 Å². The average molecular weight is 286 g/mol. The van der Waals surface area contributed by atoms with Crippen LogP contribution in [0.5, 0.6) is 5.75 Å². The Labute approximate surface area is 116 Å². The molecule has 104 valence electrons. The van der Waals surface area contributed by atoms with E-state index in [4.69, 9.17) is 16.3 Å². The molecule has 0 radical (unpaired) electrons. The molecule has 3 amide bonds. The molecule has 0 saturated carbocycles. The molecule has 1 aromatic carbocycles. The zero-order valence-corrected chi connectivity index (χ0v) is 11.1. The van der Waals surface area contributed by atoms with Crippen molar-refractivity contribution in [2.24, 2.45) is 0 Å². The number of urea groups is 1. The third-order valence-corrected chi connectivity index (χ3v) is 2.40. The molecule has 19 heavy (non-hydrogen) atoms. The van der Waals surface area contributed by atoms with Crippen LogP contribution in [0, 0.1) is 0 Å². The van der Waals surface area contributed by atoms with Crippen molar-refractivity contribution in [3.05, 3.63) is 29.3 Å². The number of carbonyl (C=O) groups excluding carboxylic acids is 2. The van der Waals surface area contributed by atoms with E-state index in [1.165, 1.54) is 0 Å². The molecular weight excluding hydrogens is 270 g/mol. The Morgan fingerprint density at radius 2 is 1.95 bits per heavy atom. The Balaban J connectivity index is 2.06. The van der Waals surface area contributed by atoms with Crippen LogP contribution in [0.25, 0.3) is 0 Å². The van der Waals surface area contributed by atoms with Gasteiger partial charge in [-0.1, -0.05) is 11.6 Å². The molecule has 1 aromatic rings. The molecular formula is C12H16ClN3O3. The maximum Gasteiger partial charge on any atom is 0.317 e. The number of nitrogens with one attached hydrogen (secondary N) is 3. The van der Waals surface area contributed by atoms with Crippen LogP contribution in [-0.4, -0.2) is 32.3 Å². The zero-order chi connectivity index (χ0) is 13.9. The van der Waals surface area contributed by atoms with Crippen molar-refractivity contribution in [3.8, 4) is 5.75 Å². The predicted octanol–water partition coefficient (Wildman–Crippen LogP) is 1.11. The second-order valence-electron chi connectivity index (χ2n) is 3.60. The second kappa shape index (κ2) is 9.04. The molecule has 0 saturated heterocycles. The molecule has 7 heteroatoms. The number of rotatable bonds is 8. The highest BCUT2D eigenvalue weighted by Crippen LogP contribution is 2.14. The molecule has 0 spiro atoms. The fraction of sp³-hybridized carbons (Fsp3) is 0.333. The van der Waals surface area contributed by atoms with Gasteiger partial charge in [0.15, 0.2) is 6.73 Å². The van der Waals surface area contributed by atoms with Gasteiger partial charge in [0.1, 0.15) is 5.75 Å². The topological polar surface area (TPSA) is 79.5 Å². The van der Waals surface area contributed by atoms with E-state index >= 15 is 0 Å². The largest absolute Gasteiger partial charge is 0.473 e. The molecule has 1 rings (SSSR count). The third kappa shape index (κ3) is 7.15. The minimum Gasteiger partial charge on any atom is -0.473 e. The first-order chi connectivity index (χ1) is 9.22. The van der Waals surface area contributed by atoms with Crippen molar-refractivity contribution < 1.29 is 14.3 Å². The summed E-state index contributed by atoms with van der Waals surface area (Å²) >= 11 is 5.73. The maximum atomic E-state index is 11.3. The van der Waals surface area contributed by atoms with E-state index in [1.54, 1.807) is 24.3 Å². The van der Waals surface area contributed by atoms with E-state index in [0.717, 1.165) is 0 Å². The normalized spacial score (nSPS) is 9.53. The van der Waals surface area contributed by atoms with E-state index in [0.29, 0.717) is 36.7 Å². The van der Waals surface area contributed by atoms with Gasteiger partial charge in [-0.05, 0) is 30.7 Å². The van der Waals surface area contributed by atoms with Gasteiger partial charge in [-0.25, -0.2) is 4.79 Å². The van der Waals surface area contributed by atoms with Crippen molar-refractivity contribution in [2.45, 2.75) is 6.42 Å². The van der Waals surface area contributed by atoms with E-state index < -0.39 is 0 Å². The number of halogens is 1. The van der Waals surface area contributed by atoms with E-state index in [1.807, 2.05) is 0 Å². The summed E-state index contributed by atoms with van der Waals surface area (Å²) in [5.74, 6) is 0.625. The lowest BCUT2D eigenvalue weighted by molar-refractivity contribution is -0.109. The lowest BCUT2D eigenvalue weighted by Gasteiger charge is -2.09. The van der Waals surface area contributed by atoms with Gasteiger partial charge in [-0.2, -0.15) is 0 Å². The number of carbonyl (C=O) groups is 2. The molecule has 0 aliphatic carbocycles. The summed E-state index contributed by atoms with van der Waals surface area (Å²) in [6, 6.07) is 6.52. The molecule has 3 N–H and O–H groups in total. The molecule has 6 nitrogen and oxygen atoms in total. The summed E-state index contributed by atoms with van der Waals surface area (Å²) in [5.41, 5.74) is 0. The fourth-order valence-electron chi connectivity index (χ4n) is 1.23. The lowest BCUT2D eigenvalue weighted by atomic mass is 10.3. The van der Waals surface area contributed by atoms with E-state index in [2.05, 4.69) is 16.0 Å². The van der Waals surface area contributed by atoms with E-state index in [-0.39, 0.29) is 12.8 Å². The second-order valence-corrected chi connectivity index (χ2v) is 4.04. The van der Waals surface area contributed by atoms with Gasteiger partial charge in [0.2, 0.25) is 6.41 Å². The minimum absolute atomic E-state index is 0.0695. The summed E-state index contributed by atoms with van der Waals surface area (Å²) in [6.45, 7) is 1.08. The number of hydrogen-bond acceptors (Lipinski definition) is 3. The predicted molar refractivity (Wildman–Crippen MR) is 72.2 cm³/mol. The molecule has 0 unspecified atom stereocenters. The summed E-state index contributed by atoms with van der Waals surface area (Å²) in [4.78, 5) is 21.3. The Bertz CT molecular complexity index is 398. The van der Waals surface area contributed by atoms with Gasteiger partial charge in [0, 0.05) is 18.1 Å². The lowest BCUT2D eigenvalue weighted by Crippen LogP contribution is -2.38. The third-order valence-electron chi connectivity index (χ3n) is 2.15. The number of ether oxygens (including phenoxy) is 1. The molecule has 0 atom stereocenters. The first kappa shape index (κ1) is 15.1. The van der Waals surface area contributed by atoms with Crippen LogP contribution in [0.15, 0.2) is 24.3 Å². The van der Waals surface area contributed by atoms with Crippen molar-refractivity contribution >= 4 is 24.0 Å². The molecule has 0 aliphatic rings. The van der Waals surface area contributed by atoms with E-state index in [9.17, 15) is 9.59 Å². The number of hydrogen-bond donors (Lipinski definition) is 3. The Kier molecular flexibility index (Phi) is 7.19. The maximum absolute atomic E-state index is 11.3. The first-order valence-electron chi connectivity index (χ1n) is 5.79. The zero-order valence-electron chi connectivity index (χ0n) is 10.3. The number of benzene rings is 1. The van der Waals surface area contributed by atoms with Crippen LogP contribution in [0.1, 0.15) is 6.42 Å². The van der Waals surface area contributed by atoms with Crippen molar-refractivity contribution in [1.82, 2.24) is 16.0 Å². The minimum atomic E-state index is -0.319. The highest BCUT2D eigenvalue weighted by Gasteiger charge is 1.99. The van der Waals surface area contributed by atoms with Crippen LogP contribution in [-0.2, 0) is 4.79 Å². The molecule has 0 aliphatic heterocycles.